The normalized spacial score (nSPS) is 25.8. The third kappa shape index (κ3) is 4.85. The summed E-state index contributed by atoms with van der Waals surface area (Å²) in [5.74, 6) is 0.805. The Labute approximate surface area is 161 Å². The molecule has 0 saturated carbocycles. The molecule has 2 saturated heterocycles. The van der Waals surface area contributed by atoms with Gasteiger partial charge in [0.15, 0.2) is 0 Å². The predicted molar refractivity (Wildman–Crippen MR) is 110 cm³/mol. The van der Waals surface area contributed by atoms with Crippen LogP contribution in [0, 0.1) is 12.8 Å². The van der Waals surface area contributed by atoms with Crippen LogP contribution in [0.25, 0.3) is 0 Å². The molecule has 1 aromatic carbocycles. The zero-order chi connectivity index (χ0) is 16.8. The van der Waals surface area contributed by atoms with E-state index in [1.807, 2.05) is 23.0 Å². The first-order valence-electron chi connectivity index (χ1n) is 9.56. The molecule has 0 N–H and O–H groups in total. The molecule has 0 spiro atoms. The SMILES string of the molecule is Cc1ccccc1N1CCC[C@H](CN2CCCC[C@H]2CCOI)C1. The minimum absolute atomic E-state index is 0.738. The van der Waals surface area contributed by atoms with Gasteiger partial charge in [-0.1, -0.05) is 24.6 Å². The number of hydrogen-bond acceptors (Lipinski definition) is 3. The Morgan fingerprint density at radius 3 is 2.83 bits per heavy atom. The van der Waals surface area contributed by atoms with Crippen molar-refractivity contribution in [3.05, 3.63) is 29.8 Å². The second kappa shape index (κ2) is 9.39. The second-order valence-corrected chi connectivity index (χ2v) is 8.11. The molecular formula is C20H31IN2O. The van der Waals surface area contributed by atoms with E-state index in [1.54, 1.807) is 0 Å². The van der Waals surface area contributed by atoms with Gasteiger partial charge in [0.05, 0.1) is 6.61 Å². The average Bonchev–Trinajstić information content (AvgIpc) is 2.62. The van der Waals surface area contributed by atoms with Gasteiger partial charge in [0.25, 0.3) is 0 Å². The average molecular weight is 442 g/mol. The summed E-state index contributed by atoms with van der Waals surface area (Å²) in [6.07, 6.45) is 8.02. The van der Waals surface area contributed by atoms with Crippen LogP contribution in [0.2, 0.25) is 0 Å². The first-order valence-corrected chi connectivity index (χ1v) is 10.4. The Balaban J connectivity index is 1.59. The highest BCUT2D eigenvalue weighted by Gasteiger charge is 2.27. The Kier molecular flexibility index (Phi) is 7.22. The number of halogens is 1. The summed E-state index contributed by atoms with van der Waals surface area (Å²) in [6, 6.07) is 9.59. The number of rotatable bonds is 6. The lowest BCUT2D eigenvalue weighted by Gasteiger charge is -2.41. The molecule has 0 unspecified atom stereocenters. The van der Waals surface area contributed by atoms with E-state index in [0.717, 1.165) is 18.6 Å². The van der Waals surface area contributed by atoms with Gasteiger partial charge in [0.1, 0.15) is 23.0 Å². The molecule has 3 rings (SSSR count). The van der Waals surface area contributed by atoms with Crippen LogP contribution in [0.15, 0.2) is 24.3 Å². The van der Waals surface area contributed by atoms with Crippen LogP contribution in [0.3, 0.4) is 0 Å². The quantitative estimate of drug-likeness (QED) is 0.588. The van der Waals surface area contributed by atoms with Crippen molar-refractivity contribution >= 4 is 28.7 Å². The fourth-order valence-electron chi connectivity index (χ4n) is 4.49. The van der Waals surface area contributed by atoms with E-state index < -0.39 is 0 Å². The molecule has 4 heteroatoms. The molecule has 2 aliphatic rings. The Morgan fingerprint density at radius 2 is 2.00 bits per heavy atom. The van der Waals surface area contributed by atoms with E-state index in [0.29, 0.717) is 0 Å². The van der Waals surface area contributed by atoms with Gasteiger partial charge < -0.3 is 7.97 Å². The molecule has 0 bridgehead atoms. The van der Waals surface area contributed by atoms with Crippen LogP contribution in [0.1, 0.15) is 44.1 Å². The molecule has 2 fully saturated rings. The number of hydrogen-bond donors (Lipinski definition) is 0. The van der Waals surface area contributed by atoms with Gasteiger partial charge in [-0.3, -0.25) is 4.90 Å². The van der Waals surface area contributed by atoms with Crippen LogP contribution in [-0.2, 0) is 3.07 Å². The van der Waals surface area contributed by atoms with Crippen molar-refractivity contribution in [3.63, 3.8) is 0 Å². The van der Waals surface area contributed by atoms with Crippen molar-refractivity contribution in [1.29, 1.82) is 0 Å². The highest BCUT2D eigenvalue weighted by molar-refractivity contribution is 14.1. The number of para-hydroxylation sites is 1. The fraction of sp³-hybridized carbons (Fsp3) is 0.700. The maximum absolute atomic E-state index is 5.31. The molecule has 3 nitrogen and oxygen atoms in total. The third-order valence-electron chi connectivity index (χ3n) is 5.75. The van der Waals surface area contributed by atoms with Gasteiger partial charge >= 0.3 is 0 Å². The minimum atomic E-state index is 0.738. The molecule has 1 aromatic rings. The zero-order valence-electron chi connectivity index (χ0n) is 14.9. The topological polar surface area (TPSA) is 15.7 Å². The number of aryl methyl sites for hydroxylation is 1. The molecule has 2 heterocycles. The first-order chi connectivity index (χ1) is 11.8. The van der Waals surface area contributed by atoms with Gasteiger partial charge in [-0.25, -0.2) is 0 Å². The Morgan fingerprint density at radius 1 is 1.12 bits per heavy atom. The lowest BCUT2D eigenvalue weighted by molar-refractivity contribution is 0.106. The van der Waals surface area contributed by atoms with E-state index in [4.69, 9.17) is 3.07 Å². The van der Waals surface area contributed by atoms with Gasteiger partial charge in [0.2, 0.25) is 0 Å². The fourth-order valence-corrected chi connectivity index (χ4v) is 4.74. The maximum Gasteiger partial charge on any atom is 0.109 e. The van der Waals surface area contributed by atoms with Gasteiger partial charge in [-0.05, 0) is 63.1 Å². The molecular weight excluding hydrogens is 411 g/mol. The summed E-state index contributed by atoms with van der Waals surface area (Å²) in [7, 11) is 0. The van der Waals surface area contributed by atoms with Crippen LogP contribution in [0.5, 0.6) is 0 Å². The van der Waals surface area contributed by atoms with E-state index in [2.05, 4.69) is 41.0 Å². The van der Waals surface area contributed by atoms with Crippen molar-refractivity contribution in [2.75, 3.05) is 37.7 Å². The van der Waals surface area contributed by atoms with E-state index in [1.165, 1.54) is 76.0 Å². The van der Waals surface area contributed by atoms with Crippen molar-refractivity contribution in [2.45, 2.75) is 51.5 Å². The number of benzene rings is 1. The smallest absolute Gasteiger partial charge is 0.109 e. The van der Waals surface area contributed by atoms with E-state index in [9.17, 15) is 0 Å². The molecule has 24 heavy (non-hydrogen) atoms. The maximum atomic E-state index is 5.31. The molecule has 0 amide bonds. The molecule has 0 aromatic heterocycles. The van der Waals surface area contributed by atoms with Crippen molar-refractivity contribution in [2.24, 2.45) is 5.92 Å². The summed E-state index contributed by atoms with van der Waals surface area (Å²) < 4.78 is 5.31. The number of nitrogens with zero attached hydrogens (tertiary/aromatic N) is 2. The molecule has 134 valence electrons. The summed E-state index contributed by atoms with van der Waals surface area (Å²) >= 11 is 2.03. The Hall–Kier alpha value is -0.330. The van der Waals surface area contributed by atoms with E-state index >= 15 is 0 Å². The van der Waals surface area contributed by atoms with Crippen molar-refractivity contribution in [3.8, 4) is 0 Å². The van der Waals surface area contributed by atoms with Crippen LogP contribution in [-0.4, -0.2) is 43.7 Å². The lowest BCUT2D eigenvalue weighted by atomic mass is 9.93. The van der Waals surface area contributed by atoms with Gasteiger partial charge in [-0.15, -0.1) is 0 Å². The van der Waals surface area contributed by atoms with Crippen molar-refractivity contribution in [1.82, 2.24) is 4.90 Å². The molecule has 2 atom stereocenters. The zero-order valence-corrected chi connectivity index (χ0v) is 17.1. The minimum Gasteiger partial charge on any atom is -0.371 e. The first kappa shape index (κ1) is 18.5. The van der Waals surface area contributed by atoms with E-state index in [-0.39, 0.29) is 0 Å². The van der Waals surface area contributed by atoms with Crippen LogP contribution in [0.4, 0.5) is 5.69 Å². The summed E-state index contributed by atoms with van der Waals surface area (Å²) in [5, 5.41) is 0. The van der Waals surface area contributed by atoms with Crippen LogP contribution >= 0.6 is 23.0 Å². The Bertz CT molecular complexity index is 510. The number of piperidine rings is 2. The highest BCUT2D eigenvalue weighted by atomic mass is 127. The largest absolute Gasteiger partial charge is 0.371 e. The second-order valence-electron chi connectivity index (χ2n) is 7.49. The predicted octanol–water partition coefficient (Wildman–Crippen LogP) is 4.82. The third-order valence-corrected chi connectivity index (χ3v) is 6.19. The summed E-state index contributed by atoms with van der Waals surface area (Å²) in [6.45, 7) is 8.12. The molecule has 0 radical (unpaired) electrons. The van der Waals surface area contributed by atoms with Crippen molar-refractivity contribution < 1.29 is 3.07 Å². The van der Waals surface area contributed by atoms with Gasteiger partial charge in [0, 0.05) is 31.4 Å². The summed E-state index contributed by atoms with van der Waals surface area (Å²) in [5.41, 5.74) is 2.85. The standard InChI is InChI=1S/C20H31IN2O/c1-17-7-2-3-10-20(17)23-13-6-8-18(16-23)15-22-12-5-4-9-19(22)11-14-24-21/h2-3,7,10,18-19H,4-6,8-9,11-16H2,1H3/t18-,19+/m1/s1. The number of anilines is 1. The molecule has 0 aliphatic carbocycles. The van der Waals surface area contributed by atoms with Crippen LogP contribution < -0.4 is 4.90 Å². The molecule has 2 aliphatic heterocycles. The lowest BCUT2D eigenvalue weighted by Crippen LogP contribution is -2.46. The van der Waals surface area contributed by atoms with Gasteiger partial charge in [-0.2, -0.15) is 0 Å². The number of likely N-dealkylation sites (tertiary alicyclic amines) is 1. The monoisotopic (exact) mass is 442 g/mol. The summed E-state index contributed by atoms with van der Waals surface area (Å²) in [4.78, 5) is 5.39. The highest BCUT2D eigenvalue weighted by Crippen LogP contribution is 2.28.